The van der Waals surface area contributed by atoms with Crippen molar-refractivity contribution in [2.75, 3.05) is 5.32 Å². The maximum absolute atomic E-state index is 13.6. The molecule has 2 N–H and O–H groups in total. The van der Waals surface area contributed by atoms with Crippen LogP contribution in [0.15, 0.2) is 82.1 Å². The summed E-state index contributed by atoms with van der Waals surface area (Å²) in [5.41, 5.74) is 1.73. The zero-order chi connectivity index (χ0) is 29.8. The zero-order valence-corrected chi connectivity index (χ0v) is 22.5. The van der Waals surface area contributed by atoms with Crippen molar-refractivity contribution in [3.63, 3.8) is 0 Å². The second-order valence-corrected chi connectivity index (χ2v) is 9.84. The number of carboxylic acid groups (broad SMARTS) is 1. The second-order valence-electron chi connectivity index (χ2n) is 9.84. The van der Waals surface area contributed by atoms with Gasteiger partial charge >= 0.3 is 5.97 Å². The number of halogens is 2. The van der Waals surface area contributed by atoms with Crippen LogP contribution < -0.4 is 10.9 Å². The third-order valence-electron chi connectivity index (χ3n) is 6.92. The van der Waals surface area contributed by atoms with Crippen molar-refractivity contribution in [3.8, 4) is 5.69 Å². The van der Waals surface area contributed by atoms with Crippen LogP contribution in [0.25, 0.3) is 16.5 Å². The number of aliphatic carboxylic acids is 1. The number of unbranched alkanes of at least 4 members (excludes halogenated alkanes) is 1. The number of pyridine rings is 1. The first kappa shape index (κ1) is 28.3. The molecule has 1 atom stereocenters. The molecule has 0 aliphatic carbocycles. The summed E-state index contributed by atoms with van der Waals surface area (Å²) in [6, 6.07) is 17.8. The first-order valence-electron chi connectivity index (χ1n) is 13.3. The molecule has 0 saturated carbocycles. The number of anilines is 1. The van der Waals surface area contributed by atoms with Crippen LogP contribution in [0.2, 0.25) is 0 Å². The topological polar surface area (TPSA) is 127 Å². The molecule has 1 amide bonds. The molecule has 11 heteroatoms. The molecule has 214 valence electrons. The van der Waals surface area contributed by atoms with E-state index in [9.17, 15) is 23.2 Å². The van der Waals surface area contributed by atoms with E-state index >= 15 is 0 Å². The molecule has 0 aliphatic rings. The van der Waals surface area contributed by atoms with Crippen LogP contribution >= 0.6 is 0 Å². The molecule has 0 spiro atoms. The predicted octanol–water partition coefficient (Wildman–Crippen LogP) is 5.85. The van der Waals surface area contributed by atoms with Crippen molar-refractivity contribution >= 4 is 28.6 Å². The summed E-state index contributed by atoms with van der Waals surface area (Å²) in [5, 5.41) is 16.3. The van der Waals surface area contributed by atoms with Gasteiger partial charge in [-0.2, -0.15) is 4.98 Å². The molecular weight excluding hydrogens is 546 g/mol. The number of amides is 1. The number of benzene rings is 3. The molecule has 0 fully saturated rings. The van der Waals surface area contributed by atoms with Crippen molar-refractivity contribution in [2.45, 2.75) is 38.5 Å². The molecule has 3 aromatic carbocycles. The largest absolute Gasteiger partial charge is 0.481 e. The van der Waals surface area contributed by atoms with Gasteiger partial charge in [-0.1, -0.05) is 12.1 Å². The third kappa shape index (κ3) is 6.25. The number of hydrogen-bond donors (Lipinski definition) is 2. The van der Waals surface area contributed by atoms with E-state index in [1.807, 2.05) is 6.92 Å². The Kier molecular flexibility index (Phi) is 8.19. The van der Waals surface area contributed by atoms with Crippen molar-refractivity contribution < 1.29 is 28.0 Å². The summed E-state index contributed by atoms with van der Waals surface area (Å²) < 4.78 is 33.6. The van der Waals surface area contributed by atoms with E-state index in [1.165, 1.54) is 47.0 Å². The Balaban J connectivity index is 1.41. The van der Waals surface area contributed by atoms with Gasteiger partial charge in [-0.3, -0.25) is 24.3 Å². The Bertz CT molecular complexity index is 1810. The molecule has 0 radical (unpaired) electrons. The Hall–Kier alpha value is -5.19. The van der Waals surface area contributed by atoms with Crippen molar-refractivity contribution in [3.05, 3.63) is 117 Å². The number of carbonyl (C=O) groups excluding carboxylic acids is 1. The van der Waals surface area contributed by atoms with E-state index < -0.39 is 17.7 Å². The summed E-state index contributed by atoms with van der Waals surface area (Å²) in [6.45, 7) is 1.81. The molecule has 0 bridgehead atoms. The zero-order valence-electron chi connectivity index (χ0n) is 22.5. The van der Waals surface area contributed by atoms with Gasteiger partial charge in [-0.05, 0) is 103 Å². The minimum atomic E-state index is -0.904. The summed E-state index contributed by atoms with van der Waals surface area (Å²) >= 11 is 0. The molecule has 0 aliphatic heterocycles. The number of hydrogen-bond acceptors (Lipinski definition) is 6. The fraction of sp³-hybridized carbons (Fsp3) is 0.194. The van der Waals surface area contributed by atoms with Crippen LogP contribution in [0.4, 0.5) is 14.7 Å². The molecule has 2 heterocycles. The Morgan fingerprint density at radius 2 is 1.67 bits per heavy atom. The quantitative estimate of drug-likeness (QED) is 0.201. The number of fused-ring (bicyclic) bond motifs is 1. The van der Waals surface area contributed by atoms with E-state index in [0.29, 0.717) is 41.4 Å². The predicted molar refractivity (Wildman–Crippen MR) is 151 cm³/mol. The number of carbonyl (C=O) groups is 2. The highest BCUT2D eigenvalue weighted by Crippen LogP contribution is 2.24. The minimum Gasteiger partial charge on any atom is -0.481 e. The number of nitrogens with one attached hydrogen (secondary N) is 1. The van der Waals surface area contributed by atoms with Crippen LogP contribution in [-0.2, 0) is 11.2 Å². The van der Waals surface area contributed by atoms with Crippen molar-refractivity contribution in [1.82, 2.24) is 14.7 Å². The standard InChI is InChI=1S/C31H26F2N4O5/c1-18(19-6-9-22(32)10-7-19)29-35-31(36-42-29)34-28(40)20-8-15-26-21(16-20)17-25(4-2-3-5-27(38)39)37(30(26)41)24-13-11-23(33)12-14-24/h6-18H,2-5H2,1H3,(H,38,39)(H,34,36,40). The Morgan fingerprint density at radius 1 is 0.976 bits per heavy atom. The fourth-order valence-corrected chi connectivity index (χ4v) is 4.68. The van der Waals surface area contributed by atoms with Gasteiger partial charge in [-0.25, -0.2) is 8.78 Å². The SMILES string of the molecule is CC(c1ccc(F)cc1)c1nc(NC(=O)c2ccc3c(=O)n(-c4ccc(F)cc4)c(CCCCC(=O)O)cc3c2)no1. The van der Waals surface area contributed by atoms with Gasteiger partial charge in [0.05, 0.1) is 5.92 Å². The van der Waals surface area contributed by atoms with Gasteiger partial charge < -0.3 is 9.63 Å². The van der Waals surface area contributed by atoms with E-state index in [0.717, 1.165) is 5.56 Å². The van der Waals surface area contributed by atoms with Gasteiger partial charge in [0.15, 0.2) is 0 Å². The lowest BCUT2D eigenvalue weighted by Crippen LogP contribution is -2.22. The van der Waals surface area contributed by atoms with Crippen molar-refractivity contribution in [1.29, 1.82) is 0 Å². The lowest BCUT2D eigenvalue weighted by Gasteiger charge is -2.15. The maximum Gasteiger partial charge on any atom is 0.303 e. The number of rotatable bonds is 10. The number of nitrogens with zero attached hydrogens (tertiary/aromatic N) is 3. The number of aryl methyl sites for hydroxylation is 1. The van der Waals surface area contributed by atoms with Crippen LogP contribution in [0.3, 0.4) is 0 Å². The highest BCUT2D eigenvalue weighted by atomic mass is 19.1. The average Bonchev–Trinajstić information content (AvgIpc) is 3.44. The molecule has 5 rings (SSSR count). The van der Waals surface area contributed by atoms with Gasteiger partial charge in [0.25, 0.3) is 17.4 Å². The minimum absolute atomic E-state index is 0.000838. The first-order chi connectivity index (χ1) is 20.2. The summed E-state index contributed by atoms with van der Waals surface area (Å²) in [6.07, 6.45) is 1.32. The molecule has 1 unspecified atom stereocenters. The van der Waals surface area contributed by atoms with Gasteiger partial charge in [0.2, 0.25) is 5.89 Å². The fourth-order valence-electron chi connectivity index (χ4n) is 4.68. The van der Waals surface area contributed by atoms with Crippen LogP contribution in [0.1, 0.15) is 59.6 Å². The monoisotopic (exact) mass is 572 g/mol. The average molecular weight is 573 g/mol. The normalized spacial score (nSPS) is 11.9. The van der Waals surface area contributed by atoms with Crippen molar-refractivity contribution in [2.24, 2.45) is 0 Å². The molecule has 42 heavy (non-hydrogen) atoms. The maximum atomic E-state index is 13.6. The Labute approximate surface area is 238 Å². The summed E-state index contributed by atoms with van der Waals surface area (Å²) in [5.74, 6) is -2.37. The lowest BCUT2D eigenvalue weighted by atomic mass is 10.0. The number of carboxylic acids is 1. The molecule has 5 aromatic rings. The molecule has 2 aromatic heterocycles. The van der Waals surface area contributed by atoms with Crippen LogP contribution in [0, 0.1) is 11.6 Å². The first-order valence-corrected chi connectivity index (χ1v) is 13.3. The van der Waals surface area contributed by atoms with E-state index in [4.69, 9.17) is 9.63 Å². The highest BCUT2D eigenvalue weighted by molar-refractivity contribution is 6.05. The van der Waals surface area contributed by atoms with E-state index in [2.05, 4.69) is 15.5 Å². The van der Waals surface area contributed by atoms with Gasteiger partial charge in [0.1, 0.15) is 11.6 Å². The van der Waals surface area contributed by atoms with Crippen LogP contribution in [-0.4, -0.2) is 31.7 Å². The number of aromatic nitrogens is 3. The van der Waals surface area contributed by atoms with E-state index in [1.54, 1.807) is 30.3 Å². The Morgan fingerprint density at radius 3 is 2.36 bits per heavy atom. The van der Waals surface area contributed by atoms with Crippen LogP contribution in [0.5, 0.6) is 0 Å². The van der Waals surface area contributed by atoms with Gasteiger partial charge in [-0.15, -0.1) is 0 Å². The second kappa shape index (κ2) is 12.1. The molecule has 9 nitrogen and oxygen atoms in total. The summed E-state index contributed by atoms with van der Waals surface area (Å²) in [4.78, 5) is 41.8. The molecular formula is C31H26F2N4O5. The van der Waals surface area contributed by atoms with Gasteiger partial charge in [0, 0.05) is 28.8 Å². The smallest absolute Gasteiger partial charge is 0.303 e. The third-order valence-corrected chi connectivity index (χ3v) is 6.92. The van der Waals surface area contributed by atoms with E-state index in [-0.39, 0.29) is 41.1 Å². The lowest BCUT2D eigenvalue weighted by molar-refractivity contribution is -0.137. The summed E-state index contributed by atoms with van der Waals surface area (Å²) in [7, 11) is 0. The highest BCUT2D eigenvalue weighted by Gasteiger charge is 2.19. The molecule has 0 saturated heterocycles.